The number of piperidine rings is 1. The van der Waals surface area contributed by atoms with E-state index in [0.717, 1.165) is 12.8 Å². The van der Waals surface area contributed by atoms with Crippen molar-refractivity contribution in [1.82, 2.24) is 4.90 Å². The monoisotopic (exact) mass is 194 g/mol. The Labute approximate surface area is 83.1 Å². The van der Waals surface area contributed by atoms with Crippen LogP contribution in [0, 0.1) is 16.7 Å². The highest BCUT2D eigenvalue weighted by atomic mass is 16.3. The highest BCUT2D eigenvalue weighted by Crippen LogP contribution is 2.46. The number of amides is 1. The largest absolute Gasteiger partial charge is 0.391 e. The zero-order valence-electron chi connectivity index (χ0n) is 8.07. The molecule has 0 radical (unpaired) electrons. The Morgan fingerprint density at radius 2 is 2.29 bits per heavy atom. The van der Waals surface area contributed by atoms with Crippen molar-refractivity contribution < 1.29 is 9.90 Å². The second-order valence-electron chi connectivity index (χ2n) is 4.24. The summed E-state index contributed by atoms with van der Waals surface area (Å²) < 4.78 is 0. The molecule has 1 N–H and O–H groups in total. The van der Waals surface area contributed by atoms with Gasteiger partial charge in [-0.3, -0.25) is 4.79 Å². The van der Waals surface area contributed by atoms with Gasteiger partial charge in [0.05, 0.1) is 12.2 Å². The molecule has 76 valence electrons. The smallest absolute Gasteiger partial charge is 0.243 e. The summed E-state index contributed by atoms with van der Waals surface area (Å²) in [7, 11) is 0. The average molecular weight is 194 g/mol. The summed E-state index contributed by atoms with van der Waals surface area (Å²) >= 11 is 0. The molecule has 2 aliphatic rings. The number of aliphatic hydroxyl groups is 1. The first kappa shape index (κ1) is 9.47. The zero-order chi connectivity index (χ0) is 10.2. The number of hydrogen-bond acceptors (Lipinski definition) is 3. The maximum absolute atomic E-state index is 11.9. The molecule has 0 aromatic carbocycles. The fourth-order valence-electron chi connectivity index (χ4n) is 1.94. The van der Waals surface area contributed by atoms with Crippen molar-refractivity contribution in [3.63, 3.8) is 0 Å². The SMILES string of the molecule is N#CC1(C(=O)N2CCCC(O)C2)CC1. The van der Waals surface area contributed by atoms with Crippen LogP contribution in [0.15, 0.2) is 0 Å². The molecule has 0 aromatic rings. The van der Waals surface area contributed by atoms with Crippen LogP contribution in [0.2, 0.25) is 0 Å². The third kappa shape index (κ3) is 1.48. The van der Waals surface area contributed by atoms with Crippen molar-refractivity contribution >= 4 is 5.91 Å². The van der Waals surface area contributed by atoms with Crippen molar-refractivity contribution in [2.45, 2.75) is 31.8 Å². The lowest BCUT2D eigenvalue weighted by Crippen LogP contribution is -2.45. The number of β-amino-alcohol motifs (C(OH)–C–C–N with tert-alkyl or cyclic N) is 1. The summed E-state index contributed by atoms with van der Waals surface area (Å²) in [5.74, 6) is -0.0706. The van der Waals surface area contributed by atoms with Crippen LogP contribution in [0.5, 0.6) is 0 Å². The van der Waals surface area contributed by atoms with Crippen LogP contribution in [-0.2, 0) is 4.79 Å². The summed E-state index contributed by atoms with van der Waals surface area (Å²) in [5.41, 5.74) is -0.725. The van der Waals surface area contributed by atoms with Gasteiger partial charge in [-0.05, 0) is 25.7 Å². The molecule has 1 aliphatic carbocycles. The highest BCUT2D eigenvalue weighted by Gasteiger charge is 2.52. The number of hydrogen-bond donors (Lipinski definition) is 1. The fourth-order valence-corrected chi connectivity index (χ4v) is 1.94. The van der Waals surface area contributed by atoms with Gasteiger partial charge in [-0.25, -0.2) is 0 Å². The summed E-state index contributed by atoms with van der Waals surface area (Å²) in [4.78, 5) is 13.5. The van der Waals surface area contributed by atoms with E-state index in [1.54, 1.807) is 4.90 Å². The number of carbonyl (C=O) groups excluding carboxylic acids is 1. The molecule has 1 aliphatic heterocycles. The number of rotatable bonds is 1. The van der Waals surface area contributed by atoms with Crippen molar-refractivity contribution in [3.8, 4) is 6.07 Å². The quantitative estimate of drug-likeness (QED) is 0.651. The number of aliphatic hydroxyl groups excluding tert-OH is 1. The normalized spacial score (nSPS) is 29.4. The van der Waals surface area contributed by atoms with E-state index in [2.05, 4.69) is 6.07 Å². The van der Waals surface area contributed by atoms with E-state index in [9.17, 15) is 9.90 Å². The second kappa shape index (κ2) is 3.25. The van der Waals surface area contributed by atoms with E-state index in [1.807, 2.05) is 0 Å². The second-order valence-corrected chi connectivity index (χ2v) is 4.24. The van der Waals surface area contributed by atoms with Crippen LogP contribution in [0.25, 0.3) is 0 Å². The number of nitrogens with zero attached hydrogens (tertiary/aromatic N) is 2. The molecule has 1 saturated carbocycles. The Hall–Kier alpha value is -1.08. The Bertz CT molecular complexity index is 291. The van der Waals surface area contributed by atoms with Gasteiger partial charge in [-0.2, -0.15) is 5.26 Å². The number of nitriles is 1. The molecule has 4 nitrogen and oxygen atoms in total. The molecule has 0 aromatic heterocycles. The maximum atomic E-state index is 11.9. The number of carbonyl (C=O) groups is 1. The van der Waals surface area contributed by atoms with Gasteiger partial charge in [0.25, 0.3) is 0 Å². The third-order valence-electron chi connectivity index (χ3n) is 3.06. The van der Waals surface area contributed by atoms with Crippen LogP contribution in [0.4, 0.5) is 0 Å². The first-order chi connectivity index (χ1) is 6.68. The molecule has 14 heavy (non-hydrogen) atoms. The molecular formula is C10H14N2O2. The van der Waals surface area contributed by atoms with Gasteiger partial charge >= 0.3 is 0 Å². The third-order valence-corrected chi connectivity index (χ3v) is 3.06. The molecule has 0 spiro atoms. The van der Waals surface area contributed by atoms with Gasteiger partial charge in [-0.15, -0.1) is 0 Å². The molecule has 1 unspecified atom stereocenters. The molecule has 1 saturated heterocycles. The van der Waals surface area contributed by atoms with Crippen molar-refractivity contribution in [2.75, 3.05) is 13.1 Å². The predicted octanol–water partition coefficient (Wildman–Crippen LogP) is 0.273. The van der Waals surface area contributed by atoms with Gasteiger partial charge in [0.1, 0.15) is 5.41 Å². The Morgan fingerprint density at radius 1 is 1.57 bits per heavy atom. The van der Waals surface area contributed by atoms with Crippen molar-refractivity contribution in [1.29, 1.82) is 5.26 Å². The van der Waals surface area contributed by atoms with Gasteiger partial charge < -0.3 is 10.0 Å². The van der Waals surface area contributed by atoms with Crippen LogP contribution in [0.3, 0.4) is 0 Å². The topological polar surface area (TPSA) is 64.3 Å². The van der Waals surface area contributed by atoms with E-state index in [0.29, 0.717) is 25.9 Å². The van der Waals surface area contributed by atoms with E-state index < -0.39 is 11.5 Å². The first-order valence-electron chi connectivity index (χ1n) is 5.07. The molecule has 1 amide bonds. The molecule has 1 heterocycles. The van der Waals surface area contributed by atoms with E-state index in [1.165, 1.54) is 0 Å². The molecule has 2 rings (SSSR count). The lowest BCUT2D eigenvalue weighted by atomic mass is 10.0. The fraction of sp³-hybridized carbons (Fsp3) is 0.800. The minimum absolute atomic E-state index is 0.0706. The average Bonchev–Trinajstić information content (AvgIpc) is 2.97. The lowest BCUT2D eigenvalue weighted by Gasteiger charge is -2.31. The van der Waals surface area contributed by atoms with Crippen LogP contribution in [0.1, 0.15) is 25.7 Å². The van der Waals surface area contributed by atoms with Crippen LogP contribution in [-0.4, -0.2) is 35.1 Å². The molecular weight excluding hydrogens is 180 g/mol. The summed E-state index contributed by atoms with van der Waals surface area (Å²) in [6.45, 7) is 1.10. The Morgan fingerprint density at radius 3 is 2.79 bits per heavy atom. The van der Waals surface area contributed by atoms with Gasteiger partial charge in [-0.1, -0.05) is 0 Å². The van der Waals surface area contributed by atoms with Crippen LogP contribution < -0.4 is 0 Å². The molecule has 2 fully saturated rings. The summed E-state index contributed by atoms with van der Waals surface area (Å²) in [6, 6.07) is 2.09. The minimum atomic E-state index is -0.725. The van der Waals surface area contributed by atoms with E-state index in [4.69, 9.17) is 5.26 Å². The standard InChI is InChI=1S/C10H14N2O2/c11-7-10(3-4-10)9(14)12-5-1-2-8(13)6-12/h8,13H,1-6H2. The summed E-state index contributed by atoms with van der Waals surface area (Å²) in [6.07, 6.45) is 2.59. The van der Waals surface area contributed by atoms with Gasteiger partial charge in [0, 0.05) is 13.1 Å². The summed E-state index contributed by atoms with van der Waals surface area (Å²) in [5, 5.41) is 18.3. The van der Waals surface area contributed by atoms with Crippen molar-refractivity contribution in [3.05, 3.63) is 0 Å². The lowest BCUT2D eigenvalue weighted by molar-refractivity contribution is -0.138. The van der Waals surface area contributed by atoms with Gasteiger partial charge in [0.15, 0.2) is 0 Å². The Balaban J connectivity index is 2.01. The number of likely N-dealkylation sites (tertiary alicyclic amines) is 1. The Kier molecular flexibility index (Phi) is 2.20. The van der Waals surface area contributed by atoms with Crippen molar-refractivity contribution in [2.24, 2.45) is 5.41 Å². The zero-order valence-corrected chi connectivity index (χ0v) is 8.07. The predicted molar refractivity (Wildman–Crippen MR) is 49.1 cm³/mol. The van der Waals surface area contributed by atoms with Gasteiger partial charge in [0.2, 0.25) is 5.91 Å². The van der Waals surface area contributed by atoms with Crippen LogP contribution >= 0.6 is 0 Å². The maximum Gasteiger partial charge on any atom is 0.243 e. The highest BCUT2D eigenvalue weighted by molar-refractivity contribution is 5.88. The van der Waals surface area contributed by atoms with E-state index >= 15 is 0 Å². The first-order valence-corrected chi connectivity index (χ1v) is 5.07. The minimum Gasteiger partial charge on any atom is -0.391 e. The van der Waals surface area contributed by atoms with E-state index in [-0.39, 0.29) is 5.91 Å². The molecule has 4 heteroatoms. The molecule has 1 atom stereocenters. The molecule has 0 bridgehead atoms.